The predicted molar refractivity (Wildman–Crippen MR) is 52.0 cm³/mol. The number of hydrogen-bond acceptors (Lipinski definition) is 2. The molecule has 0 spiro atoms. The lowest BCUT2D eigenvalue weighted by Gasteiger charge is -2.00. The number of sulfonamides is 1. The van der Waals surface area contributed by atoms with Crippen LogP contribution in [0.3, 0.4) is 0 Å². The van der Waals surface area contributed by atoms with Gasteiger partial charge in [0.1, 0.15) is 0 Å². The Morgan fingerprint density at radius 1 is 1.17 bits per heavy atom. The van der Waals surface area contributed by atoms with Gasteiger partial charge in [0.05, 0.1) is 6.26 Å². The summed E-state index contributed by atoms with van der Waals surface area (Å²) < 4.78 is 23.6. The molecule has 1 N–H and O–H groups in total. The monoisotopic (exact) mass is 213 g/mol. The molecule has 0 heterocycles. The van der Waals surface area contributed by atoms with E-state index in [9.17, 15) is 8.42 Å². The highest BCUT2D eigenvalue weighted by atomic mass is 35.5. The minimum atomic E-state index is -2.99. The molecule has 0 saturated carbocycles. The highest BCUT2D eigenvalue weighted by molar-refractivity contribution is 7.88. The number of hydrogen-bond donors (Lipinski definition) is 1. The summed E-state index contributed by atoms with van der Waals surface area (Å²) in [7, 11) is -2.99. The maximum absolute atomic E-state index is 10.6. The predicted octanol–water partition coefficient (Wildman–Crippen LogP) is 1.33. The lowest BCUT2D eigenvalue weighted by molar-refractivity contribution is 0.579. The van der Waals surface area contributed by atoms with Crippen LogP contribution in [-0.4, -0.2) is 27.1 Å². The zero-order valence-corrected chi connectivity index (χ0v) is 8.92. The highest BCUT2D eigenvalue weighted by Crippen LogP contribution is 1.99. The summed E-state index contributed by atoms with van der Waals surface area (Å²) in [4.78, 5) is 0. The van der Waals surface area contributed by atoms with E-state index in [4.69, 9.17) is 11.6 Å². The molecule has 0 bridgehead atoms. The van der Waals surface area contributed by atoms with Crippen LogP contribution < -0.4 is 4.72 Å². The third-order valence-corrected chi connectivity index (χ3v) is 2.42. The van der Waals surface area contributed by atoms with Crippen LogP contribution in [0, 0.1) is 0 Å². The number of nitrogens with one attached hydrogen (secondary N) is 1. The summed E-state index contributed by atoms with van der Waals surface area (Å²) in [6, 6.07) is 0. The van der Waals surface area contributed by atoms with Crippen molar-refractivity contribution in [3.05, 3.63) is 0 Å². The Balaban J connectivity index is 3.12. The summed E-state index contributed by atoms with van der Waals surface area (Å²) in [6.45, 7) is 0.543. The van der Waals surface area contributed by atoms with E-state index < -0.39 is 10.0 Å². The molecule has 0 rings (SSSR count). The van der Waals surface area contributed by atoms with Crippen molar-refractivity contribution in [1.82, 2.24) is 4.72 Å². The SMILES string of the molecule is CS(=O)(=O)NCCCCCCCl. The van der Waals surface area contributed by atoms with Crippen LogP contribution in [0.15, 0.2) is 0 Å². The minimum absolute atomic E-state index is 0.543. The molecular formula is C7H16ClNO2S. The van der Waals surface area contributed by atoms with Crippen LogP contribution in [0.2, 0.25) is 0 Å². The van der Waals surface area contributed by atoms with Gasteiger partial charge in [-0.3, -0.25) is 0 Å². The van der Waals surface area contributed by atoms with Gasteiger partial charge in [-0.1, -0.05) is 12.8 Å². The molecule has 0 aliphatic rings. The van der Waals surface area contributed by atoms with E-state index in [2.05, 4.69) is 4.72 Å². The van der Waals surface area contributed by atoms with Gasteiger partial charge in [0, 0.05) is 12.4 Å². The standard InChI is InChI=1S/C7H16ClNO2S/c1-12(10,11)9-7-5-3-2-4-6-8/h9H,2-7H2,1H3. The second-order valence-electron chi connectivity index (χ2n) is 2.77. The van der Waals surface area contributed by atoms with Gasteiger partial charge in [-0.05, 0) is 12.8 Å². The first-order chi connectivity index (χ1) is 5.56. The summed E-state index contributed by atoms with van der Waals surface area (Å²) in [5.74, 6) is 0.694. The van der Waals surface area contributed by atoms with Gasteiger partial charge in [-0.2, -0.15) is 0 Å². The maximum atomic E-state index is 10.6. The van der Waals surface area contributed by atoms with E-state index in [0.717, 1.165) is 25.7 Å². The van der Waals surface area contributed by atoms with Gasteiger partial charge < -0.3 is 0 Å². The molecule has 0 radical (unpaired) electrons. The van der Waals surface area contributed by atoms with E-state index in [0.29, 0.717) is 12.4 Å². The Labute approximate surface area is 79.5 Å². The van der Waals surface area contributed by atoms with Gasteiger partial charge in [-0.15, -0.1) is 11.6 Å². The average Bonchev–Trinajstić information content (AvgIpc) is 1.94. The first-order valence-corrected chi connectivity index (χ1v) is 6.49. The summed E-state index contributed by atoms with van der Waals surface area (Å²) in [5.41, 5.74) is 0. The highest BCUT2D eigenvalue weighted by Gasteiger charge is 1.97. The van der Waals surface area contributed by atoms with Crippen molar-refractivity contribution < 1.29 is 8.42 Å². The second-order valence-corrected chi connectivity index (χ2v) is 4.98. The first kappa shape index (κ1) is 12.2. The zero-order chi connectivity index (χ0) is 9.45. The molecule has 0 aromatic heterocycles. The molecule has 0 amide bonds. The molecule has 5 heteroatoms. The van der Waals surface area contributed by atoms with E-state index in [1.54, 1.807) is 0 Å². The Kier molecular flexibility index (Phi) is 6.80. The lowest BCUT2D eigenvalue weighted by Crippen LogP contribution is -2.22. The molecule has 0 saturated heterocycles. The van der Waals surface area contributed by atoms with Crippen LogP contribution in [0.1, 0.15) is 25.7 Å². The van der Waals surface area contributed by atoms with Crippen molar-refractivity contribution in [2.45, 2.75) is 25.7 Å². The molecule has 0 aromatic rings. The van der Waals surface area contributed by atoms with Crippen molar-refractivity contribution >= 4 is 21.6 Å². The van der Waals surface area contributed by atoms with Crippen molar-refractivity contribution in [1.29, 1.82) is 0 Å². The van der Waals surface area contributed by atoms with Gasteiger partial charge in [-0.25, -0.2) is 13.1 Å². The summed E-state index contributed by atoms with van der Waals surface area (Å²) in [6.07, 6.45) is 5.19. The fourth-order valence-corrected chi connectivity index (χ4v) is 1.53. The van der Waals surface area contributed by atoms with Crippen molar-refractivity contribution in [2.24, 2.45) is 0 Å². The number of halogens is 1. The smallest absolute Gasteiger partial charge is 0.208 e. The Morgan fingerprint density at radius 3 is 2.25 bits per heavy atom. The molecule has 0 atom stereocenters. The number of rotatable bonds is 7. The lowest BCUT2D eigenvalue weighted by atomic mass is 10.2. The molecule has 12 heavy (non-hydrogen) atoms. The molecule has 74 valence electrons. The summed E-state index contributed by atoms with van der Waals surface area (Å²) in [5, 5.41) is 0. The van der Waals surface area contributed by atoms with Crippen LogP contribution in [0.5, 0.6) is 0 Å². The van der Waals surface area contributed by atoms with Gasteiger partial charge in [0.25, 0.3) is 0 Å². The van der Waals surface area contributed by atoms with Crippen LogP contribution in [0.25, 0.3) is 0 Å². The summed E-state index contributed by atoms with van der Waals surface area (Å²) >= 11 is 5.48. The van der Waals surface area contributed by atoms with E-state index in [1.165, 1.54) is 6.26 Å². The van der Waals surface area contributed by atoms with Gasteiger partial charge in [0.15, 0.2) is 0 Å². The van der Waals surface area contributed by atoms with Gasteiger partial charge >= 0.3 is 0 Å². The topological polar surface area (TPSA) is 46.2 Å². The molecular weight excluding hydrogens is 198 g/mol. The van der Waals surface area contributed by atoms with E-state index >= 15 is 0 Å². The number of unbranched alkanes of at least 4 members (excludes halogenated alkanes) is 3. The van der Waals surface area contributed by atoms with Crippen molar-refractivity contribution in [2.75, 3.05) is 18.7 Å². The fourth-order valence-electron chi connectivity index (χ4n) is 0.831. The van der Waals surface area contributed by atoms with Crippen LogP contribution >= 0.6 is 11.6 Å². The number of alkyl halides is 1. The molecule has 0 fully saturated rings. The normalized spacial score (nSPS) is 11.8. The average molecular weight is 214 g/mol. The Morgan fingerprint density at radius 2 is 1.75 bits per heavy atom. The largest absolute Gasteiger partial charge is 0.215 e. The molecule has 0 unspecified atom stereocenters. The molecule has 3 nitrogen and oxygen atoms in total. The minimum Gasteiger partial charge on any atom is -0.215 e. The fraction of sp³-hybridized carbons (Fsp3) is 1.00. The van der Waals surface area contributed by atoms with Crippen molar-refractivity contribution in [3.63, 3.8) is 0 Å². The van der Waals surface area contributed by atoms with E-state index in [-0.39, 0.29) is 0 Å². The third kappa shape index (κ3) is 10.2. The Bertz CT molecular complexity index is 192. The molecule has 0 aliphatic heterocycles. The molecule has 0 aliphatic carbocycles. The maximum Gasteiger partial charge on any atom is 0.208 e. The third-order valence-electron chi connectivity index (χ3n) is 1.42. The Hall–Kier alpha value is 0.200. The van der Waals surface area contributed by atoms with E-state index in [1.807, 2.05) is 0 Å². The van der Waals surface area contributed by atoms with Crippen molar-refractivity contribution in [3.8, 4) is 0 Å². The van der Waals surface area contributed by atoms with Crippen LogP contribution in [0.4, 0.5) is 0 Å². The van der Waals surface area contributed by atoms with Crippen LogP contribution in [-0.2, 0) is 10.0 Å². The first-order valence-electron chi connectivity index (χ1n) is 4.07. The molecule has 0 aromatic carbocycles. The zero-order valence-electron chi connectivity index (χ0n) is 7.35. The quantitative estimate of drug-likeness (QED) is 0.513. The second kappa shape index (κ2) is 6.69. The van der Waals surface area contributed by atoms with Gasteiger partial charge in [0.2, 0.25) is 10.0 Å².